The molecule has 128 valence electrons. The number of benzene rings is 1. The number of rotatable bonds is 7. The van der Waals surface area contributed by atoms with Gasteiger partial charge in [-0.25, -0.2) is 4.72 Å². The summed E-state index contributed by atoms with van der Waals surface area (Å²) < 4.78 is 43.1. The van der Waals surface area contributed by atoms with E-state index in [2.05, 4.69) is 13.5 Å². The van der Waals surface area contributed by atoms with Crippen molar-refractivity contribution >= 4 is 33.3 Å². The van der Waals surface area contributed by atoms with Crippen LogP contribution in [0, 0.1) is 0 Å². The second-order valence-corrected chi connectivity index (χ2v) is 6.31. The van der Waals surface area contributed by atoms with E-state index in [1.165, 1.54) is 13.4 Å². The molecule has 1 heterocycles. The minimum absolute atomic E-state index is 0.0711. The summed E-state index contributed by atoms with van der Waals surface area (Å²) in [6, 6.07) is 6.51. The zero-order valence-electron chi connectivity index (χ0n) is 12.6. The number of nitrogens with zero attached hydrogens (tertiary/aromatic N) is 2. The molecule has 1 aromatic heterocycles. The monoisotopic (exact) mass is 371 g/mol. The van der Waals surface area contributed by atoms with Crippen molar-refractivity contribution in [3.05, 3.63) is 42.4 Å². The van der Waals surface area contributed by atoms with E-state index in [9.17, 15) is 13.2 Å². The lowest BCUT2D eigenvalue weighted by Gasteiger charge is -2.12. The Morgan fingerprint density at radius 3 is 2.67 bits per heavy atom. The second kappa shape index (κ2) is 7.86. The molecule has 24 heavy (non-hydrogen) atoms. The number of para-hydroxylation sites is 1. The molecule has 9 nitrogen and oxygen atoms in total. The molecule has 2 aromatic rings. The first-order chi connectivity index (χ1) is 11.5. The molecular formula is C13H13N3O6S2. The fourth-order valence-corrected chi connectivity index (χ4v) is 2.47. The van der Waals surface area contributed by atoms with Crippen LogP contribution in [0.4, 0.5) is 0 Å². The first-order valence-corrected chi connectivity index (χ1v) is 8.54. The van der Waals surface area contributed by atoms with Gasteiger partial charge in [0.05, 0.1) is 26.1 Å². The van der Waals surface area contributed by atoms with E-state index >= 15 is 0 Å². The quantitative estimate of drug-likeness (QED) is 0.572. The van der Waals surface area contributed by atoms with Gasteiger partial charge >= 0.3 is 10.3 Å². The number of carbonyl (C=O) groups excluding carboxylic acids is 1. The van der Waals surface area contributed by atoms with E-state index in [0.29, 0.717) is 5.56 Å². The summed E-state index contributed by atoms with van der Waals surface area (Å²) in [7, 11) is -1.95. The van der Waals surface area contributed by atoms with Crippen LogP contribution < -0.4 is 9.46 Å². The molecule has 0 radical (unpaired) electrons. The van der Waals surface area contributed by atoms with Crippen molar-refractivity contribution in [1.82, 2.24) is 14.1 Å². The van der Waals surface area contributed by atoms with Gasteiger partial charge < -0.3 is 9.47 Å². The number of ether oxygens (including phenoxy) is 2. The maximum Gasteiger partial charge on any atom is 0.362 e. The molecule has 1 aromatic carbocycles. The molecule has 1 N–H and O–H groups in total. The maximum atomic E-state index is 12.3. The molecule has 0 atom stereocenters. The van der Waals surface area contributed by atoms with Crippen molar-refractivity contribution in [2.24, 2.45) is 0 Å². The molecule has 0 aliphatic rings. The lowest BCUT2D eigenvalue weighted by atomic mass is 10.1. The molecule has 2 rings (SSSR count). The predicted octanol–water partition coefficient (Wildman–Crippen LogP) is 1.33. The van der Waals surface area contributed by atoms with Crippen molar-refractivity contribution in [3.63, 3.8) is 0 Å². The third-order valence-electron chi connectivity index (χ3n) is 2.63. The van der Waals surface area contributed by atoms with Gasteiger partial charge in [0.1, 0.15) is 12.1 Å². The summed E-state index contributed by atoms with van der Waals surface area (Å²) in [5.74, 6) is -0.658. The summed E-state index contributed by atoms with van der Waals surface area (Å²) in [4.78, 5) is 16.2. The Balaban J connectivity index is 2.38. The fourth-order valence-electron chi connectivity index (χ4n) is 1.65. The number of hydrogen-bond acceptors (Lipinski definition) is 9. The summed E-state index contributed by atoms with van der Waals surface area (Å²) in [5, 5.41) is 0.268. The minimum Gasteiger partial charge on any atom is -0.504 e. The Hall–Kier alpha value is -2.50. The van der Waals surface area contributed by atoms with E-state index in [-0.39, 0.29) is 16.5 Å². The van der Waals surface area contributed by atoms with Gasteiger partial charge in [-0.2, -0.15) is 17.8 Å². The summed E-state index contributed by atoms with van der Waals surface area (Å²) in [6.07, 6.45) is 2.43. The summed E-state index contributed by atoms with van der Waals surface area (Å²) in [5.41, 5.74) is 0.233. The van der Waals surface area contributed by atoms with Crippen LogP contribution in [0.1, 0.15) is 5.56 Å². The Bertz CT molecular complexity index is 833. The van der Waals surface area contributed by atoms with E-state index in [1.54, 1.807) is 29.0 Å². The smallest absolute Gasteiger partial charge is 0.362 e. The molecule has 1 amide bonds. The van der Waals surface area contributed by atoms with Crippen LogP contribution >= 0.6 is 11.5 Å². The van der Waals surface area contributed by atoms with Gasteiger partial charge in [-0.15, -0.1) is 0 Å². The maximum absolute atomic E-state index is 12.3. The topological polar surface area (TPSA) is 117 Å². The Morgan fingerprint density at radius 2 is 2.04 bits per heavy atom. The number of aromatic nitrogens is 2. The standard InChI is InChI=1S/C13H13N3O6S2/c1-20-7-10(12(17)16-24(18,19)21-2)9-5-3-4-6-11(9)22-13-14-8-15-23-13/h3-8H,1-2H3,(H,16,17)/b10-7+. The van der Waals surface area contributed by atoms with Gasteiger partial charge in [0.15, 0.2) is 0 Å². The highest BCUT2D eigenvalue weighted by Gasteiger charge is 2.22. The number of carbonyl (C=O) groups is 1. The van der Waals surface area contributed by atoms with E-state index in [0.717, 1.165) is 24.9 Å². The Morgan fingerprint density at radius 1 is 1.29 bits per heavy atom. The van der Waals surface area contributed by atoms with Crippen molar-refractivity contribution < 1.29 is 26.9 Å². The fraction of sp³-hybridized carbons (Fsp3) is 0.154. The van der Waals surface area contributed by atoms with E-state index in [1.807, 2.05) is 0 Å². The third-order valence-corrected chi connectivity index (χ3v) is 4.05. The number of hydrogen-bond donors (Lipinski definition) is 1. The SMILES string of the molecule is CO/C=C(/C(=O)NS(=O)(=O)OC)c1ccccc1Oc1ncns1. The second-order valence-electron chi connectivity index (χ2n) is 4.12. The van der Waals surface area contributed by atoms with Crippen LogP contribution in [0.3, 0.4) is 0 Å². The van der Waals surface area contributed by atoms with Crippen molar-refractivity contribution in [1.29, 1.82) is 0 Å². The van der Waals surface area contributed by atoms with Crippen molar-refractivity contribution in [3.8, 4) is 10.9 Å². The summed E-state index contributed by atoms with van der Waals surface area (Å²) >= 11 is 1.02. The van der Waals surface area contributed by atoms with Crippen LogP contribution in [0.2, 0.25) is 0 Å². The van der Waals surface area contributed by atoms with Gasteiger partial charge in [-0.05, 0) is 6.07 Å². The third kappa shape index (κ3) is 4.50. The van der Waals surface area contributed by atoms with E-state index in [4.69, 9.17) is 9.47 Å². The molecular weight excluding hydrogens is 358 g/mol. The molecule has 0 unspecified atom stereocenters. The van der Waals surface area contributed by atoms with Gasteiger partial charge in [0.2, 0.25) is 0 Å². The minimum atomic E-state index is -4.21. The lowest BCUT2D eigenvalue weighted by Crippen LogP contribution is -2.32. The van der Waals surface area contributed by atoms with Gasteiger partial charge in [0.25, 0.3) is 11.1 Å². The molecule has 0 saturated carbocycles. The highest BCUT2D eigenvalue weighted by Crippen LogP contribution is 2.30. The Labute approximate surface area is 142 Å². The van der Waals surface area contributed by atoms with Crippen LogP contribution in [-0.2, 0) is 24.0 Å². The Kier molecular flexibility index (Phi) is 5.84. The molecule has 0 aliphatic heterocycles. The predicted molar refractivity (Wildman–Crippen MR) is 85.5 cm³/mol. The average Bonchev–Trinajstić information content (AvgIpc) is 3.06. The number of nitrogens with one attached hydrogen (secondary N) is 1. The average molecular weight is 371 g/mol. The molecule has 11 heteroatoms. The van der Waals surface area contributed by atoms with Crippen molar-refractivity contribution in [2.75, 3.05) is 14.2 Å². The highest BCUT2D eigenvalue weighted by atomic mass is 32.2. The normalized spacial score (nSPS) is 11.8. The van der Waals surface area contributed by atoms with Crippen molar-refractivity contribution in [2.45, 2.75) is 0 Å². The van der Waals surface area contributed by atoms with Crippen LogP contribution in [0.5, 0.6) is 10.9 Å². The van der Waals surface area contributed by atoms with Gasteiger partial charge in [-0.1, -0.05) is 18.2 Å². The zero-order valence-corrected chi connectivity index (χ0v) is 14.3. The molecule has 0 aliphatic carbocycles. The molecule has 0 bridgehead atoms. The first kappa shape index (κ1) is 17.8. The van der Waals surface area contributed by atoms with Crippen LogP contribution in [0.25, 0.3) is 5.57 Å². The molecule has 0 spiro atoms. The first-order valence-electron chi connectivity index (χ1n) is 6.36. The molecule has 0 saturated heterocycles. The van der Waals surface area contributed by atoms with Gasteiger partial charge in [-0.3, -0.25) is 8.98 Å². The van der Waals surface area contributed by atoms with Crippen LogP contribution in [-0.4, -0.2) is 37.9 Å². The molecule has 0 fully saturated rings. The zero-order chi connectivity index (χ0) is 17.6. The highest BCUT2D eigenvalue weighted by molar-refractivity contribution is 7.85. The lowest BCUT2D eigenvalue weighted by molar-refractivity contribution is -0.114. The number of methoxy groups -OCH3 is 1. The summed E-state index contributed by atoms with van der Waals surface area (Å²) in [6.45, 7) is 0. The van der Waals surface area contributed by atoms with E-state index < -0.39 is 16.2 Å². The van der Waals surface area contributed by atoms with Gasteiger partial charge in [0, 0.05) is 17.1 Å². The largest absolute Gasteiger partial charge is 0.504 e. The van der Waals surface area contributed by atoms with Crippen LogP contribution in [0.15, 0.2) is 36.9 Å². The number of amides is 1.